The fraction of sp³-hybridized carbons (Fsp3) is 0.158. The van der Waals surface area contributed by atoms with E-state index in [-0.39, 0.29) is 5.69 Å². The van der Waals surface area contributed by atoms with Gasteiger partial charge in [0.05, 0.1) is 18.2 Å². The van der Waals surface area contributed by atoms with Crippen molar-refractivity contribution in [1.82, 2.24) is 20.2 Å². The number of ether oxygens (including phenoxy) is 1. The number of benzene rings is 2. The molecular formula is C19H16N4O4. The molecule has 8 heteroatoms. The molecule has 136 valence electrons. The van der Waals surface area contributed by atoms with E-state index in [1.807, 2.05) is 43.3 Å². The van der Waals surface area contributed by atoms with Gasteiger partial charge in [0.2, 0.25) is 0 Å². The number of fused-ring (bicyclic) bond motifs is 1. The van der Waals surface area contributed by atoms with Gasteiger partial charge in [-0.05, 0) is 12.5 Å². The molecule has 0 aliphatic carbocycles. The monoisotopic (exact) mass is 364 g/mol. The molecule has 0 atom stereocenters. The van der Waals surface area contributed by atoms with Crippen LogP contribution in [0, 0.1) is 0 Å². The van der Waals surface area contributed by atoms with Crippen molar-refractivity contribution in [2.24, 2.45) is 0 Å². The SMILES string of the molecule is CCc1c(C(=O)O)nnn1-c1cc2c(-c3ccccc3)onc2cc1OC. The van der Waals surface area contributed by atoms with Crippen molar-refractivity contribution in [1.29, 1.82) is 0 Å². The van der Waals surface area contributed by atoms with E-state index in [9.17, 15) is 9.90 Å². The molecule has 8 nitrogen and oxygen atoms in total. The fourth-order valence-corrected chi connectivity index (χ4v) is 3.06. The third-order valence-corrected chi connectivity index (χ3v) is 4.34. The second-order valence-electron chi connectivity index (χ2n) is 5.87. The zero-order valence-electron chi connectivity index (χ0n) is 14.7. The molecule has 0 aliphatic heterocycles. The number of methoxy groups -OCH3 is 1. The van der Waals surface area contributed by atoms with Crippen molar-refractivity contribution in [3.63, 3.8) is 0 Å². The lowest BCUT2D eigenvalue weighted by molar-refractivity contribution is 0.0689. The molecule has 0 saturated heterocycles. The molecule has 0 unspecified atom stereocenters. The van der Waals surface area contributed by atoms with Crippen molar-refractivity contribution in [3.05, 3.63) is 53.9 Å². The Kier molecular flexibility index (Phi) is 4.08. The summed E-state index contributed by atoms with van der Waals surface area (Å²) in [5.41, 5.74) is 2.50. The van der Waals surface area contributed by atoms with Gasteiger partial charge in [-0.2, -0.15) is 0 Å². The molecule has 0 radical (unpaired) electrons. The Morgan fingerprint density at radius 2 is 2.04 bits per heavy atom. The minimum absolute atomic E-state index is 0.0757. The van der Waals surface area contributed by atoms with E-state index < -0.39 is 5.97 Å². The van der Waals surface area contributed by atoms with Gasteiger partial charge in [-0.3, -0.25) is 0 Å². The highest BCUT2D eigenvalue weighted by Crippen LogP contribution is 2.35. The topological polar surface area (TPSA) is 103 Å². The van der Waals surface area contributed by atoms with Crippen LogP contribution in [-0.2, 0) is 6.42 Å². The summed E-state index contributed by atoms with van der Waals surface area (Å²) in [4.78, 5) is 11.4. The van der Waals surface area contributed by atoms with Crippen LogP contribution < -0.4 is 4.74 Å². The van der Waals surface area contributed by atoms with E-state index >= 15 is 0 Å². The first kappa shape index (κ1) is 16.8. The quantitative estimate of drug-likeness (QED) is 0.579. The van der Waals surface area contributed by atoms with Crippen molar-refractivity contribution in [3.8, 4) is 22.8 Å². The molecular weight excluding hydrogens is 348 g/mol. The summed E-state index contributed by atoms with van der Waals surface area (Å²) in [7, 11) is 1.53. The highest BCUT2D eigenvalue weighted by molar-refractivity contribution is 5.94. The molecule has 4 rings (SSSR count). The summed E-state index contributed by atoms with van der Waals surface area (Å²) in [6, 6.07) is 13.2. The Morgan fingerprint density at radius 1 is 1.26 bits per heavy atom. The zero-order chi connectivity index (χ0) is 19.0. The van der Waals surface area contributed by atoms with Crippen molar-refractivity contribution < 1.29 is 19.2 Å². The van der Waals surface area contributed by atoms with E-state index in [0.717, 1.165) is 10.9 Å². The number of carboxylic acids is 1. The van der Waals surface area contributed by atoms with Crippen LogP contribution in [0.1, 0.15) is 23.1 Å². The summed E-state index contributed by atoms with van der Waals surface area (Å²) < 4.78 is 12.5. The smallest absolute Gasteiger partial charge is 0.358 e. The number of rotatable bonds is 5. The van der Waals surface area contributed by atoms with Gasteiger partial charge >= 0.3 is 5.97 Å². The maximum atomic E-state index is 11.4. The van der Waals surface area contributed by atoms with E-state index in [0.29, 0.717) is 34.8 Å². The third kappa shape index (κ3) is 2.71. The van der Waals surface area contributed by atoms with Gasteiger partial charge in [-0.25, -0.2) is 9.48 Å². The Labute approximate surface area is 154 Å². The van der Waals surface area contributed by atoms with Crippen LogP contribution in [0.3, 0.4) is 0 Å². The van der Waals surface area contributed by atoms with Crippen molar-refractivity contribution in [2.75, 3.05) is 7.11 Å². The number of hydrogen-bond donors (Lipinski definition) is 1. The molecule has 1 N–H and O–H groups in total. The predicted octanol–water partition coefficient (Wildman–Crippen LogP) is 3.34. The maximum absolute atomic E-state index is 11.4. The van der Waals surface area contributed by atoms with Crippen LogP contribution in [0.25, 0.3) is 27.9 Å². The molecule has 2 heterocycles. The van der Waals surface area contributed by atoms with Crippen LogP contribution >= 0.6 is 0 Å². The highest BCUT2D eigenvalue weighted by atomic mass is 16.5. The molecule has 0 bridgehead atoms. The van der Waals surface area contributed by atoms with E-state index in [2.05, 4.69) is 15.5 Å². The molecule has 2 aromatic carbocycles. The minimum atomic E-state index is -1.12. The lowest BCUT2D eigenvalue weighted by Crippen LogP contribution is -2.07. The number of aromatic nitrogens is 4. The van der Waals surface area contributed by atoms with Crippen LogP contribution in [0.15, 0.2) is 47.0 Å². The van der Waals surface area contributed by atoms with Gasteiger partial charge in [-0.15, -0.1) is 5.10 Å². The number of carboxylic acid groups (broad SMARTS) is 1. The second kappa shape index (κ2) is 6.56. The summed E-state index contributed by atoms with van der Waals surface area (Å²) in [6.07, 6.45) is 0.449. The molecule has 0 aliphatic rings. The molecule has 27 heavy (non-hydrogen) atoms. The number of carbonyl (C=O) groups is 1. The van der Waals surface area contributed by atoms with Crippen LogP contribution in [0.2, 0.25) is 0 Å². The Hall–Kier alpha value is -3.68. The molecule has 0 spiro atoms. The maximum Gasteiger partial charge on any atom is 0.358 e. The van der Waals surface area contributed by atoms with Crippen LogP contribution in [0.5, 0.6) is 5.75 Å². The van der Waals surface area contributed by atoms with Gasteiger partial charge in [-0.1, -0.05) is 47.6 Å². The summed E-state index contributed by atoms with van der Waals surface area (Å²) in [5, 5.41) is 22.1. The lowest BCUT2D eigenvalue weighted by Gasteiger charge is -2.10. The average molecular weight is 364 g/mol. The molecule has 0 amide bonds. The van der Waals surface area contributed by atoms with Crippen molar-refractivity contribution >= 4 is 16.9 Å². The van der Waals surface area contributed by atoms with Gasteiger partial charge < -0.3 is 14.4 Å². The fourth-order valence-electron chi connectivity index (χ4n) is 3.06. The lowest BCUT2D eigenvalue weighted by atomic mass is 10.1. The highest BCUT2D eigenvalue weighted by Gasteiger charge is 2.22. The first-order chi connectivity index (χ1) is 13.1. The molecule has 0 fully saturated rings. The minimum Gasteiger partial charge on any atom is -0.494 e. The number of hydrogen-bond acceptors (Lipinski definition) is 6. The van der Waals surface area contributed by atoms with Crippen LogP contribution in [0.4, 0.5) is 0 Å². The van der Waals surface area contributed by atoms with E-state index in [4.69, 9.17) is 9.26 Å². The Bertz CT molecular complexity index is 1130. The van der Waals surface area contributed by atoms with E-state index in [1.54, 1.807) is 6.07 Å². The summed E-state index contributed by atoms with van der Waals surface area (Å²) in [6.45, 7) is 1.85. The summed E-state index contributed by atoms with van der Waals surface area (Å²) >= 11 is 0. The zero-order valence-corrected chi connectivity index (χ0v) is 14.7. The first-order valence-electron chi connectivity index (χ1n) is 8.35. The van der Waals surface area contributed by atoms with Gasteiger partial charge in [0.1, 0.15) is 17.0 Å². The molecule has 2 aromatic heterocycles. The van der Waals surface area contributed by atoms with Gasteiger partial charge in [0, 0.05) is 11.6 Å². The molecule has 0 saturated carbocycles. The third-order valence-electron chi connectivity index (χ3n) is 4.34. The largest absolute Gasteiger partial charge is 0.494 e. The number of aromatic carboxylic acids is 1. The standard InChI is InChI=1S/C19H16N4O4/c1-3-14-17(19(24)25)20-22-23(14)15-9-12-13(10-16(15)26-2)21-27-18(12)11-7-5-4-6-8-11/h4-10H,3H2,1-2H3,(H,24,25). The molecule has 4 aromatic rings. The van der Waals surface area contributed by atoms with Gasteiger partial charge in [0.25, 0.3) is 0 Å². The Morgan fingerprint density at radius 3 is 2.70 bits per heavy atom. The Balaban J connectivity index is 1.97. The predicted molar refractivity (Wildman–Crippen MR) is 97.3 cm³/mol. The summed E-state index contributed by atoms with van der Waals surface area (Å²) in [5.74, 6) is -0.00817. The van der Waals surface area contributed by atoms with E-state index in [1.165, 1.54) is 11.8 Å². The average Bonchev–Trinajstić information content (AvgIpc) is 3.31. The van der Waals surface area contributed by atoms with Crippen LogP contribution in [-0.4, -0.2) is 38.3 Å². The number of nitrogens with zero attached hydrogens (tertiary/aromatic N) is 4. The van der Waals surface area contributed by atoms with Crippen molar-refractivity contribution in [2.45, 2.75) is 13.3 Å². The first-order valence-corrected chi connectivity index (χ1v) is 8.35. The van der Waals surface area contributed by atoms with Gasteiger partial charge in [0.15, 0.2) is 11.5 Å². The second-order valence-corrected chi connectivity index (χ2v) is 5.87. The normalized spacial score (nSPS) is 11.0.